The Hall–Kier alpha value is -4.24. The van der Waals surface area contributed by atoms with Crippen molar-refractivity contribution in [3.8, 4) is 5.75 Å². The number of carbonyl (C=O) groups excluding carboxylic acids is 4. The highest BCUT2D eigenvalue weighted by Gasteiger charge is 2.21. The highest BCUT2D eigenvalue weighted by molar-refractivity contribution is 5.87. The summed E-state index contributed by atoms with van der Waals surface area (Å²) in [7, 11) is 0. The van der Waals surface area contributed by atoms with E-state index in [0.29, 0.717) is 76.9 Å². The number of hydrogen-bond acceptors (Lipinski definition) is 9. The summed E-state index contributed by atoms with van der Waals surface area (Å²) in [6, 6.07) is 3.99. The zero-order chi connectivity index (χ0) is 40.0. The SMILES string of the molecule is CCCCNC(=O)[C@@H](N)CCCCNC(=O)[C@@H](N)CCCCNC(=O)CC[C@H](NC(=O)CCCCCCCCCCOc1ccc(C(=O)O)cc1)C(=O)O. The molecule has 3 atom stereocenters. The van der Waals surface area contributed by atoms with Crippen LogP contribution >= 0.6 is 0 Å². The maximum atomic E-state index is 12.3. The van der Waals surface area contributed by atoms with E-state index in [1.807, 2.05) is 6.92 Å². The lowest BCUT2D eigenvalue weighted by Crippen LogP contribution is -2.42. The summed E-state index contributed by atoms with van der Waals surface area (Å²) in [5, 5.41) is 29.4. The van der Waals surface area contributed by atoms with E-state index in [1.54, 1.807) is 12.1 Å². The fourth-order valence-electron chi connectivity index (χ4n) is 5.55. The summed E-state index contributed by atoms with van der Waals surface area (Å²) in [5.74, 6) is -2.54. The predicted octanol–water partition coefficient (Wildman–Crippen LogP) is 3.77. The Morgan fingerprint density at radius 2 is 1.13 bits per heavy atom. The summed E-state index contributed by atoms with van der Waals surface area (Å²) < 4.78 is 5.65. The van der Waals surface area contributed by atoms with E-state index in [4.69, 9.17) is 21.3 Å². The molecule has 306 valence electrons. The number of unbranched alkanes of at least 4 members (excludes halogenated alkanes) is 10. The predicted molar refractivity (Wildman–Crippen MR) is 207 cm³/mol. The number of rotatable bonds is 33. The Bertz CT molecular complexity index is 1250. The number of carbonyl (C=O) groups is 6. The fraction of sp³-hybridized carbons (Fsp3) is 0.692. The van der Waals surface area contributed by atoms with Gasteiger partial charge in [-0.3, -0.25) is 19.2 Å². The van der Waals surface area contributed by atoms with Gasteiger partial charge in [-0.1, -0.05) is 51.9 Å². The first-order chi connectivity index (χ1) is 25.9. The van der Waals surface area contributed by atoms with E-state index >= 15 is 0 Å². The van der Waals surface area contributed by atoms with Gasteiger partial charge in [0.15, 0.2) is 0 Å². The minimum Gasteiger partial charge on any atom is -0.494 e. The second-order valence-corrected chi connectivity index (χ2v) is 13.7. The largest absolute Gasteiger partial charge is 0.494 e. The molecule has 0 unspecified atom stereocenters. The van der Waals surface area contributed by atoms with Gasteiger partial charge in [-0.15, -0.1) is 0 Å². The molecule has 1 aromatic rings. The van der Waals surface area contributed by atoms with Crippen molar-refractivity contribution >= 4 is 35.6 Å². The van der Waals surface area contributed by atoms with Crippen LogP contribution in [-0.2, 0) is 24.0 Å². The Balaban J connectivity index is 2.05. The molecule has 0 aliphatic heterocycles. The molecular weight excluding hydrogens is 696 g/mol. The van der Waals surface area contributed by atoms with Crippen LogP contribution in [0.5, 0.6) is 5.75 Å². The number of amides is 4. The maximum absolute atomic E-state index is 12.3. The highest BCUT2D eigenvalue weighted by Crippen LogP contribution is 2.14. The zero-order valence-corrected chi connectivity index (χ0v) is 32.2. The molecule has 15 nitrogen and oxygen atoms in total. The number of hydrogen-bond donors (Lipinski definition) is 8. The second kappa shape index (κ2) is 30.1. The molecule has 10 N–H and O–H groups in total. The van der Waals surface area contributed by atoms with Gasteiger partial charge in [0.05, 0.1) is 24.3 Å². The molecule has 0 aliphatic rings. The Kier molecular flexibility index (Phi) is 26.7. The topological polar surface area (TPSA) is 252 Å². The third-order valence-electron chi connectivity index (χ3n) is 8.97. The van der Waals surface area contributed by atoms with Crippen LogP contribution in [0.3, 0.4) is 0 Å². The molecule has 0 saturated heterocycles. The molecule has 15 heteroatoms. The van der Waals surface area contributed by atoms with Crippen LogP contribution in [-0.4, -0.2) is 90.1 Å². The second-order valence-electron chi connectivity index (χ2n) is 13.7. The van der Waals surface area contributed by atoms with Crippen molar-refractivity contribution < 1.29 is 43.7 Å². The first kappa shape index (κ1) is 47.8. The first-order valence-corrected chi connectivity index (χ1v) is 19.8. The minimum atomic E-state index is -1.18. The normalized spacial score (nSPS) is 12.6. The van der Waals surface area contributed by atoms with E-state index in [2.05, 4.69) is 21.3 Å². The van der Waals surface area contributed by atoms with Crippen LogP contribution in [0, 0.1) is 0 Å². The number of ether oxygens (including phenoxy) is 1. The quantitative estimate of drug-likeness (QED) is 0.0479. The highest BCUT2D eigenvalue weighted by atomic mass is 16.5. The average Bonchev–Trinajstić information content (AvgIpc) is 3.14. The van der Waals surface area contributed by atoms with E-state index < -0.39 is 30.1 Å². The van der Waals surface area contributed by atoms with Gasteiger partial charge in [0.1, 0.15) is 11.8 Å². The number of carboxylic acid groups (broad SMARTS) is 2. The number of benzene rings is 1. The summed E-state index contributed by atoms with van der Waals surface area (Å²) in [6.07, 6.45) is 13.4. The third kappa shape index (κ3) is 24.1. The summed E-state index contributed by atoms with van der Waals surface area (Å²) in [6.45, 7) is 4.06. The number of carboxylic acids is 2. The molecule has 0 bridgehead atoms. The molecule has 54 heavy (non-hydrogen) atoms. The molecular formula is C39H66N6O9. The van der Waals surface area contributed by atoms with Crippen LogP contribution in [0.15, 0.2) is 24.3 Å². The van der Waals surface area contributed by atoms with Gasteiger partial charge in [-0.05, 0) is 88.5 Å². The molecule has 0 heterocycles. The molecule has 1 aromatic carbocycles. The van der Waals surface area contributed by atoms with Crippen molar-refractivity contribution in [2.75, 3.05) is 26.2 Å². The maximum Gasteiger partial charge on any atom is 0.335 e. The van der Waals surface area contributed by atoms with Crippen molar-refractivity contribution in [2.45, 2.75) is 147 Å². The van der Waals surface area contributed by atoms with Gasteiger partial charge in [0.2, 0.25) is 23.6 Å². The fourth-order valence-corrected chi connectivity index (χ4v) is 5.55. The Morgan fingerprint density at radius 1 is 0.611 bits per heavy atom. The summed E-state index contributed by atoms with van der Waals surface area (Å²) >= 11 is 0. The Morgan fingerprint density at radius 3 is 1.67 bits per heavy atom. The zero-order valence-electron chi connectivity index (χ0n) is 32.2. The molecule has 0 aromatic heterocycles. The molecule has 0 aliphatic carbocycles. The van der Waals surface area contributed by atoms with Crippen LogP contribution in [0.25, 0.3) is 0 Å². The van der Waals surface area contributed by atoms with Crippen LogP contribution < -0.4 is 37.5 Å². The van der Waals surface area contributed by atoms with E-state index in [0.717, 1.165) is 57.8 Å². The molecule has 4 amide bonds. The molecule has 0 fully saturated rings. The monoisotopic (exact) mass is 762 g/mol. The molecule has 0 radical (unpaired) electrons. The standard InChI is InChI=1S/C39H66N6O9/c1-2-3-25-43-36(48)31(40)17-12-14-27-44-37(49)32(41)16-11-13-26-42-34(46)24-23-33(39(52)53)45-35(47)18-10-8-6-4-5-7-9-15-28-54-30-21-19-29(20-22-30)38(50)51/h19-22,31-33H,2-18,23-28,40-41H2,1H3,(H,42,46)(H,43,48)(H,44,49)(H,45,47)(H,50,51)(H,52,53)/t31-,32-,33-/m0/s1. The van der Waals surface area contributed by atoms with Gasteiger partial charge in [0, 0.05) is 32.5 Å². The lowest BCUT2D eigenvalue weighted by Gasteiger charge is -2.15. The van der Waals surface area contributed by atoms with Crippen LogP contribution in [0.2, 0.25) is 0 Å². The number of aromatic carboxylic acids is 1. The van der Waals surface area contributed by atoms with Crippen molar-refractivity contribution in [3.05, 3.63) is 29.8 Å². The van der Waals surface area contributed by atoms with Gasteiger partial charge >= 0.3 is 11.9 Å². The summed E-state index contributed by atoms with van der Waals surface area (Å²) in [5.41, 5.74) is 12.1. The number of aliphatic carboxylic acids is 1. The molecule has 0 saturated carbocycles. The van der Waals surface area contributed by atoms with Crippen molar-refractivity contribution in [2.24, 2.45) is 11.5 Å². The third-order valence-corrected chi connectivity index (χ3v) is 8.97. The van der Waals surface area contributed by atoms with E-state index in [-0.39, 0.29) is 48.5 Å². The number of nitrogens with two attached hydrogens (primary N) is 2. The lowest BCUT2D eigenvalue weighted by molar-refractivity contribution is -0.142. The van der Waals surface area contributed by atoms with Gasteiger partial charge in [-0.2, -0.15) is 0 Å². The van der Waals surface area contributed by atoms with Crippen LogP contribution in [0.1, 0.15) is 139 Å². The summed E-state index contributed by atoms with van der Waals surface area (Å²) in [4.78, 5) is 71.3. The van der Waals surface area contributed by atoms with Gasteiger partial charge in [0.25, 0.3) is 0 Å². The van der Waals surface area contributed by atoms with Crippen molar-refractivity contribution in [1.29, 1.82) is 0 Å². The van der Waals surface area contributed by atoms with E-state index in [1.165, 1.54) is 12.1 Å². The smallest absolute Gasteiger partial charge is 0.335 e. The van der Waals surface area contributed by atoms with E-state index in [9.17, 15) is 33.9 Å². The average molecular weight is 763 g/mol. The first-order valence-electron chi connectivity index (χ1n) is 19.8. The van der Waals surface area contributed by atoms with Crippen molar-refractivity contribution in [1.82, 2.24) is 21.3 Å². The minimum absolute atomic E-state index is 0.0158. The van der Waals surface area contributed by atoms with Gasteiger partial charge < -0.3 is 47.7 Å². The van der Waals surface area contributed by atoms with Crippen molar-refractivity contribution in [3.63, 3.8) is 0 Å². The molecule has 0 spiro atoms. The van der Waals surface area contributed by atoms with Crippen LogP contribution in [0.4, 0.5) is 0 Å². The van der Waals surface area contributed by atoms with Gasteiger partial charge in [-0.25, -0.2) is 9.59 Å². The Labute approximate surface area is 320 Å². The lowest BCUT2D eigenvalue weighted by atomic mass is 10.1. The number of nitrogens with one attached hydrogen (secondary N) is 4. The molecule has 1 rings (SSSR count).